The summed E-state index contributed by atoms with van der Waals surface area (Å²) in [5, 5.41) is 3.18. The average molecular weight is 203 g/mol. The molecule has 0 bridgehead atoms. The highest BCUT2D eigenvalue weighted by molar-refractivity contribution is 5.40. The van der Waals surface area contributed by atoms with Gasteiger partial charge in [-0.15, -0.1) is 6.42 Å². The van der Waals surface area contributed by atoms with Crippen LogP contribution in [0.25, 0.3) is 0 Å². The summed E-state index contributed by atoms with van der Waals surface area (Å²) < 4.78 is 0. The second-order valence-electron chi connectivity index (χ2n) is 4.04. The molecule has 0 atom stereocenters. The summed E-state index contributed by atoms with van der Waals surface area (Å²) in [5.41, 5.74) is 0.667. The Balaban J connectivity index is 2.79. The second kappa shape index (κ2) is 4.79. The zero-order valence-electron chi connectivity index (χ0n) is 9.54. The quantitative estimate of drug-likeness (QED) is 0.763. The van der Waals surface area contributed by atoms with Gasteiger partial charge in [-0.3, -0.25) is 0 Å². The molecule has 1 heterocycles. The number of hydrogen-bond acceptors (Lipinski definition) is 3. The highest BCUT2D eigenvalue weighted by Gasteiger charge is 2.13. The molecule has 1 aromatic heterocycles. The number of nitrogens with zero attached hydrogens (tertiary/aromatic N) is 2. The van der Waals surface area contributed by atoms with Crippen molar-refractivity contribution in [2.75, 3.05) is 5.32 Å². The van der Waals surface area contributed by atoms with Crippen LogP contribution in [0.2, 0.25) is 0 Å². The Morgan fingerprint density at radius 1 is 1.47 bits per heavy atom. The van der Waals surface area contributed by atoms with Crippen molar-refractivity contribution in [2.45, 2.75) is 39.2 Å². The first-order valence-electron chi connectivity index (χ1n) is 5.14. The van der Waals surface area contributed by atoms with Gasteiger partial charge in [0.25, 0.3) is 0 Å². The van der Waals surface area contributed by atoms with Gasteiger partial charge in [-0.05, 0) is 20.3 Å². The molecule has 15 heavy (non-hydrogen) atoms. The molecule has 1 N–H and O–H groups in total. The predicted octanol–water partition coefficient (Wildman–Crippen LogP) is 2.25. The largest absolute Gasteiger partial charge is 0.354 e. The first-order chi connectivity index (χ1) is 7.07. The van der Waals surface area contributed by atoms with Crippen LogP contribution in [0.15, 0.2) is 12.4 Å². The van der Waals surface area contributed by atoms with Crippen molar-refractivity contribution < 1.29 is 0 Å². The van der Waals surface area contributed by atoms with Crippen molar-refractivity contribution in [3.05, 3.63) is 18.1 Å². The first-order valence-corrected chi connectivity index (χ1v) is 5.14. The Morgan fingerprint density at radius 3 is 2.80 bits per heavy atom. The van der Waals surface area contributed by atoms with Crippen LogP contribution in [0.1, 0.15) is 32.9 Å². The van der Waals surface area contributed by atoms with Crippen molar-refractivity contribution in [3.8, 4) is 12.3 Å². The zero-order valence-corrected chi connectivity index (χ0v) is 9.54. The molecule has 80 valence electrons. The lowest BCUT2D eigenvalue weighted by Gasteiger charge is -2.20. The molecule has 0 fully saturated rings. The van der Waals surface area contributed by atoms with Crippen LogP contribution in [0.3, 0.4) is 0 Å². The fourth-order valence-electron chi connectivity index (χ4n) is 1.22. The molecular weight excluding hydrogens is 186 g/mol. The summed E-state index contributed by atoms with van der Waals surface area (Å²) in [7, 11) is 0. The van der Waals surface area contributed by atoms with Gasteiger partial charge in [0.2, 0.25) is 0 Å². The fraction of sp³-hybridized carbons (Fsp3) is 0.500. The molecule has 0 unspecified atom stereocenters. The van der Waals surface area contributed by atoms with E-state index < -0.39 is 0 Å². The van der Waals surface area contributed by atoms with Gasteiger partial charge >= 0.3 is 0 Å². The van der Waals surface area contributed by atoms with Gasteiger partial charge in [0.05, 0.1) is 5.54 Å². The molecule has 0 aliphatic rings. The molecular formula is C12H17N3. The molecule has 0 aromatic carbocycles. The van der Waals surface area contributed by atoms with Crippen LogP contribution in [0, 0.1) is 12.3 Å². The third-order valence-electron chi connectivity index (χ3n) is 2.03. The Bertz CT molecular complexity index is 363. The van der Waals surface area contributed by atoms with Crippen molar-refractivity contribution in [2.24, 2.45) is 0 Å². The van der Waals surface area contributed by atoms with Crippen molar-refractivity contribution >= 4 is 5.82 Å². The smallest absolute Gasteiger partial charge is 0.130 e. The molecule has 0 saturated heterocycles. The normalized spacial score (nSPS) is 10.8. The van der Waals surface area contributed by atoms with Gasteiger partial charge in [-0.2, -0.15) is 0 Å². The van der Waals surface area contributed by atoms with Crippen LogP contribution < -0.4 is 5.32 Å². The number of aromatic nitrogens is 2. The van der Waals surface area contributed by atoms with Gasteiger partial charge in [0, 0.05) is 11.8 Å². The van der Waals surface area contributed by atoms with E-state index in [-0.39, 0.29) is 5.54 Å². The maximum Gasteiger partial charge on any atom is 0.130 e. The lowest BCUT2D eigenvalue weighted by molar-refractivity contribution is 0.733. The van der Waals surface area contributed by atoms with Gasteiger partial charge in [0.15, 0.2) is 0 Å². The van der Waals surface area contributed by atoms with Crippen LogP contribution in [-0.4, -0.2) is 15.5 Å². The minimum atomic E-state index is -0.377. The number of rotatable bonds is 4. The van der Waals surface area contributed by atoms with Gasteiger partial charge in [0.1, 0.15) is 12.1 Å². The van der Waals surface area contributed by atoms with E-state index in [9.17, 15) is 0 Å². The van der Waals surface area contributed by atoms with E-state index >= 15 is 0 Å². The lowest BCUT2D eigenvalue weighted by atomic mass is 10.1. The van der Waals surface area contributed by atoms with Crippen molar-refractivity contribution in [3.63, 3.8) is 0 Å². The molecule has 0 spiro atoms. The van der Waals surface area contributed by atoms with Gasteiger partial charge in [-0.1, -0.05) is 19.3 Å². The van der Waals surface area contributed by atoms with E-state index in [0.29, 0.717) is 0 Å². The molecule has 0 saturated carbocycles. The number of nitrogens with one attached hydrogen (secondary N) is 1. The monoisotopic (exact) mass is 203 g/mol. The molecule has 0 radical (unpaired) electrons. The summed E-state index contributed by atoms with van der Waals surface area (Å²) in [6, 6.07) is 1.95. The summed E-state index contributed by atoms with van der Waals surface area (Å²) in [4.78, 5) is 8.32. The molecule has 0 amide bonds. The SMILES string of the molecule is C#CC(C)(C)Nc1cc(CCC)ncn1. The summed E-state index contributed by atoms with van der Waals surface area (Å²) in [5.74, 6) is 3.46. The predicted molar refractivity (Wildman–Crippen MR) is 62.6 cm³/mol. The standard InChI is InChI=1S/C12H17N3/c1-5-7-10-8-11(14-9-13-10)15-12(3,4)6-2/h2,8-9H,5,7H2,1,3-4H3,(H,13,14,15). The summed E-state index contributed by atoms with van der Waals surface area (Å²) in [6.07, 6.45) is 9.01. The number of terminal acetylenes is 1. The van der Waals surface area contributed by atoms with E-state index in [1.807, 2.05) is 19.9 Å². The van der Waals surface area contributed by atoms with Crippen molar-refractivity contribution in [1.82, 2.24) is 9.97 Å². The maximum absolute atomic E-state index is 5.39. The van der Waals surface area contributed by atoms with E-state index in [2.05, 4.69) is 28.1 Å². The fourth-order valence-corrected chi connectivity index (χ4v) is 1.22. The van der Waals surface area contributed by atoms with E-state index in [0.717, 1.165) is 24.4 Å². The Hall–Kier alpha value is -1.56. The highest BCUT2D eigenvalue weighted by atomic mass is 15.1. The highest BCUT2D eigenvalue weighted by Crippen LogP contribution is 2.12. The Labute approximate surface area is 91.3 Å². The summed E-state index contributed by atoms with van der Waals surface area (Å²) >= 11 is 0. The molecule has 0 aliphatic carbocycles. The average Bonchev–Trinajstić information content (AvgIpc) is 2.18. The van der Waals surface area contributed by atoms with Crippen LogP contribution in [0.4, 0.5) is 5.82 Å². The third kappa shape index (κ3) is 3.59. The topological polar surface area (TPSA) is 37.8 Å². The third-order valence-corrected chi connectivity index (χ3v) is 2.03. The second-order valence-corrected chi connectivity index (χ2v) is 4.04. The maximum atomic E-state index is 5.39. The molecule has 0 aliphatic heterocycles. The number of hydrogen-bond donors (Lipinski definition) is 1. The van der Waals surface area contributed by atoms with Crippen LogP contribution in [0.5, 0.6) is 0 Å². The molecule has 1 aromatic rings. The Kier molecular flexibility index (Phi) is 3.68. The number of aryl methyl sites for hydroxylation is 1. The van der Waals surface area contributed by atoms with Gasteiger partial charge < -0.3 is 5.32 Å². The van der Waals surface area contributed by atoms with Crippen LogP contribution >= 0.6 is 0 Å². The first kappa shape index (κ1) is 11.5. The minimum absolute atomic E-state index is 0.377. The lowest BCUT2D eigenvalue weighted by Crippen LogP contribution is -2.29. The van der Waals surface area contributed by atoms with E-state index in [4.69, 9.17) is 6.42 Å². The van der Waals surface area contributed by atoms with E-state index in [1.54, 1.807) is 6.33 Å². The Morgan fingerprint density at radius 2 is 2.20 bits per heavy atom. The van der Waals surface area contributed by atoms with E-state index in [1.165, 1.54) is 0 Å². The van der Waals surface area contributed by atoms with Gasteiger partial charge in [-0.25, -0.2) is 9.97 Å². The zero-order chi connectivity index (χ0) is 11.3. The molecule has 1 rings (SSSR count). The van der Waals surface area contributed by atoms with Crippen molar-refractivity contribution in [1.29, 1.82) is 0 Å². The molecule has 3 heteroatoms. The summed E-state index contributed by atoms with van der Waals surface area (Å²) in [6.45, 7) is 6.00. The molecule has 3 nitrogen and oxygen atoms in total. The number of anilines is 1. The van der Waals surface area contributed by atoms with Crippen LogP contribution in [-0.2, 0) is 6.42 Å². The minimum Gasteiger partial charge on any atom is -0.354 e.